The molecule has 0 aliphatic carbocycles. The molecule has 1 rings (SSSR count). The van der Waals surface area contributed by atoms with E-state index in [2.05, 4.69) is 9.97 Å². The molecule has 0 amide bonds. The van der Waals surface area contributed by atoms with Crippen LogP contribution < -0.4 is 5.56 Å². The Hall–Kier alpha value is -1.16. The zero-order valence-corrected chi connectivity index (χ0v) is 5.55. The number of carbonyl (C=O) groups is 1. The van der Waals surface area contributed by atoms with E-state index in [1.165, 1.54) is 0 Å². The highest BCUT2D eigenvalue weighted by atomic mass is 35.5. The van der Waals surface area contributed by atoms with Crippen molar-refractivity contribution in [1.29, 1.82) is 0 Å². The number of hydrogen-bond acceptors (Lipinski definition) is 3. The van der Waals surface area contributed by atoms with Crippen molar-refractivity contribution in [2.45, 2.75) is 0 Å². The highest BCUT2D eigenvalue weighted by molar-refractivity contribution is 6.67. The van der Waals surface area contributed by atoms with E-state index in [4.69, 9.17) is 11.6 Å². The smallest absolute Gasteiger partial charge is 0.272 e. The molecule has 52 valence electrons. The van der Waals surface area contributed by atoms with Crippen molar-refractivity contribution in [3.8, 4) is 0 Å². The summed E-state index contributed by atoms with van der Waals surface area (Å²) in [5.74, 6) is 0. The molecule has 1 aromatic rings. The molecule has 5 heteroatoms. The van der Waals surface area contributed by atoms with Gasteiger partial charge in [0.15, 0.2) is 0 Å². The summed E-state index contributed by atoms with van der Waals surface area (Å²) in [6.07, 6.45) is 2.16. The molecule has 0 aliphatic rings. The Kier molecular flexibility index (Phi) is 1.82. The van der Waals surface area contributed by atoms with Crippen LogP contribution in [0.5, 0.6) is 0 Å². The van der Waals surface area contributed by atoms with Gasteiger partial charge in [0.1, 0.15) is 5.69 Å². The highest BCUT2D eigenvalue weighted by Crippen LogP contribution is 1.92. The van der Waals surface area contributed by atoms with E-state index in [1.807, 2.05) is 0 Å². The van der Waals surface area contributed by atoms with Gasteiger partial charge < -0.3 is 4.98 Å². The van der Waals surface area contributed by atoms with Gasteiger partial charge in [-0.1, -0.05) is 0 Å². The van der Waals surface area contributed by atoms with Gasteiger partial charge in [-0.15, -0.1) is 0 Å². The van der Waals surface area contributed by atoms with Crippen LogP contribution in [0, 0.1) is 0 Å². The maximum atomic E-state index is 10.4. The summed E-state index contributed by atoms with van der Waals surface area (Å²) < 4.78 is 0. The van der Waals surface area contributed by atoms with Crippen molar-refractivity contribution in [1.82, 2.24) is 9.97 Å². The minimum absolute atomic E-state index is 0.0428. The Morgan fingerprint density at radius 2 is 2.40 bits per heavy atom. The van der Waals surface area contributed by atoms with E-state index in [-0.39, 0.29) is 11.3 Å². The Labute approximate surface area is 60.9 Å². The summed E-state index contributed by atoms with van der Waals surface area (Å²) in [5.41, 5.74) is -0.317. The number of halogens is 1. The largest absolute Gasteiger partial charge is 0.325 e. The molecule has 0 aromatic carbocycles. The normalized spacial score (nSPS) is 9.30. The second-order valence-corrected chi connectivity index (χ2v) is 1.91. The Morgan fingerprint density at radius 1 is 1.70 bits per heavy atom. The second-order valence-electron chi connectivity index (χ2n) is 1.57. The summed E-state index contributed by atoms with van der Waals surface area (Å²) in [4.78, 5) is 26.4. The van der Waals surface area contributed by atoms with Crippen molar-refractivity contribution >= 4 is 16.8 Å². The fourth-order valence-corrected chi connectivity index (χ4v) is 0.553. The molecular formula is C5H3ClN2O2. The minimum atomic E-state index is -0.684. The molecule has 0 unspecified atom stereocenters. The van der Waals surface area contributed by atoms with Crippen LogP contribution in [0.25, 0.3) is 0 Å². The van der Waals surface area contributed by atoms with Gasteiger partial charge in [-0.3, -0.25) is 9.59 Å². The standard InChI is InChI=1S/C5H3ClN2O2/c6-5(10)3-1-8-4(9)2-7-3/h1-2H,(H,8,9). The molecule has 1 heterocycles. The van der Waals surface area contributed by atoms with Gasteiger partial charge >= 0.3 is 0 Å². The molecule has 0 radical (unpaired) electrons. The average molecular weight is 159 g/mol. The van der Waals surface area contributed by atoms with E-state index in [1.54, 1.807) is 0 Å². The van der Waals surface area contributed by atoms with Crippen molar-refractivity contribution in [3.63, 3.8) is 0 Å². The van der Waals surface area contributed by atoms with E-state index < -0.39 is 5.24 Å². The van der Waals surface area contributed by atoms with Crippen molar-refractivity contribution in [3.05, 3.63) is 28.4 Å². The van der Waals surface area contributed by atoms with Crippen molar-refractivity contribution in [2.75, 3.05) is 0 Å². The molecule has 0 saturated heterocycles. The monoisotopic (exact) mass is 158 g/mol. The van der Waals surface area contributed by atoms with Crippen molar-refractivity contribution in [2.24, 2.45) is 0 Å². The van der Waals surface area contributed by atoms with E-state index in [9.17, 15) is 9.59 Å². The van der Waals surface area contributed by atoms with Crippen LogP contribution in [0.4, 0.5) is 0 Å². The number of H-pyrrole nitrogens is 1. The first kappa shape index (κ1) is 6.95. The van der Waals surface area contributed by atoms with Gasteiger partial charge in [0.05, 0.1) is 6.20 Å². The summed E-state index contributed by atoms with van der Waals surface area (Å²) in [6, 6.07) is 0. The number of nitrogens with one attached hydrogen (secondary N) is 1. The van der Waals surface area contributed by atoms with Crippen LogP contribution in [0.3, 0.4) is 0 Å². The molecular weight excluding hydrogens is 156 g/mol. The minimum Gasteiger partial charge on any atom is -0.325 e. The molecule has 0 atom stereocenters. The van der Waals surface area contributed by atoms with Gasteiger partial charge in [-0.2, -0.15) is 0 Å². The fourth-order valence-electron chi connectivity index (χ4n) is 0.450. The molecule has 0 saturated carbocycles. The van der Waals surface area contributed by atoms with Gasteiger partial charge in [0, 0.05) is 6.20 Å². The van der Waals surface area contributed by atoms with Crippen LogP contribution in [-0.2, 0) is 0 Å². The lowest BCUT2D eigenvalue weighted by Crippen LogP contribution is -2.07. The van der Waals surface area contributed by atoms with E-state index in [0.29, 0.717) is 0 Å². The maximum Gasteiger partial charge on any atom is 0.272 e. The molecule has 10 heavy (non-hydrogen) atoms. The van der Waals surface area contributed by atoms with Crippen LogP contribution in [0.2, 0.25) is 0 Å². The summed E-state index contributed by atoms with van der Waals surface area (Å²) in [6.45, 7) is 0. The lowest BCUT2D eigenvalue weighted by atomic mass is 10.5. The summed E-state index contributed by atoms with van der Waals surface area (Å²) in [7, 11) is 0. The van der Waals surface area contributed by atoms with Crippen LogP contribution in [-0.4, -0.2) is 15.2 Å². The number of aromatic amines is 1. The average Bonchev–Trinajstić information content (AvgIpc) is 1.88. The van der Waals surface area contributed by atoms with Crippen LogP contribution >= 0.6 is 11.6 Å². The van der Waals surface area contributed by atoms with E-state index in [0.717, 1.165) is 12.4 Å². The molecule has 0 aliphatic heterocycles. The third-order valence-corrected chi connectivity index (χ3v) is 1.07. The Balaban J connectivity index is 3.12. The van der Waals surface area contributed by atoms with Gasteiger partial charge in [0.2, 0.25) is 0 Å². The molecule has 0 spiro atoms. The van der Waals surface area contributed by atoms with Crippen molar-refractivity contribution < 1.29 is 4.79 Å². The molecule has 4 nitrogen and oxygen atoms in total. The summed E-state index contributed by atoms with van der Waals surface area (Å²) in [5, 5.41) is -0.684. The zero-order valence-electron chi connectivity index (χ0n) is 4.80. The topological polar surface area (TPSA) is 62.8 Å². The SMILES string of the molecule is O=C(Cl)c1c[nH]c(=O)cn1. The quantitative estimate of drug-likeness (QED) is 0.592. The number of rotatable bonds is 1. The number of aromatic nitrogens is 2. The first-order valence-corrected chi connectivity index (χ1v) is 2.82. The fraction of sp³-hybridized carbons (Fsp3) is 0. The van der Waals surface area contributed by atoms with Gasteiger partial charge in [-0.05, 0) is 11.6 Å². The number of carbonyl (C=O) groups excluding carboxylic acids is 1. The molecule has 0 fully saturated rings. The highest BCUT2D eigenvalue weighted by Gasteiger charge is 2.00. The maximum absolute atomic E-state index is 10.4. The third kappa shape index (κ3) is 1.41. The van der Waals surface area contributed by atoms with Crippen LogP contribution in [0.1, 0.15) is 10.5 Å². The van der Waals surface area contributed by atoms with Gasteiger partial charge in [-0.25, -0.2) is 4.98 Å². The lowest BCUT2D eigenvalue weighted by molar-refractivity contribution is 0.107. The zero-order chi connectivity index (χ0) is 7.56. The summed E-state index contributed by atoms with van der Waals surface area (Å²) >= 11 is 5.03. The second kappa shape index (κ2) is 2.62. The van der Waals surface area contributed by atoms with Gasteiger partial charge in [0.25, 0.3) is 10.8 Å². The number of nitrogens with zero attached hydrogens (tertiary/aromatic N) is 1. The lowest BCUT2D eigenvalue weighted by Gasteiger charge is -1.87. The third-order valence-electron chi connectivity index (χ3n) is 0.873. The van der Waals surface area contributed by atoms with Crippen LogP contribution in [0.15, 0.2) is 17.2 Å². The Bertz CT molecular complexity index is 286. The Morgan fingerprint density at radius 3 is 2.80 bits per heavy atom. The molecule has 1 aromatic heterocycles. The predicted octanol–water partition coefficient (Wildman–Crippen LogP) is 0.149. The first-order chi connectivity index (χ1) is 4.70. The first-order valence-electron chi connectivity index (χ1n) is 2.45. The number of hydrogen-bond donors (Lipinski definition) is 1. The van der Waals surface area contributed by atoms with E-state index >= 15 is 0 Å². The molecule has 0 bridgehead atoms. The predicted molar refractivity (Wildman–Crippen MR) is 35.0 cm³/mol. The molecule has 1 N–H and O–H groups in total.